The molecule has 0 radical (unpaired) electrons. The molecule has 0 amide bonds. The van der Waals surface area contributed by atoms with Crippen molar-refractivity contribution in [2.24, 2.45) is 5.92 Å². The number of aliphatic carboxylic acids is 1. The van der Waals surface area contributed by atoms with Crippen LogP contribution < -0.4 is 4.74 Å². The summed E-state index contributed by atoms with van der Waals surface area (Å²) >= 11 is 0. The Hall–Kier alpha value is -1.75. The van der Waals surface area contributed by atoms with Crippen LogP contribution in [0, 0.1) is 5.92 Å². The molecular weight excluding hydrogens is 258 g/mol. The van der Waals surface area contributed by atoms with Gasteiger partial charge in [0.05, 0.1) is 13.7 Å². The fourth-order valence-corrected chi connectivity index (χ4v) is 2.36. The summed E-state index contributed by atoms with van der Waals surface area (Å²) in [6, 6.07) is 4.87. The van der Waals surface area contributed by atoms with Crippen LogP contribution in [0.3, 0.4) is 0 Å². The van der Waals surface area contributed by atoms with E-state index in [2.05, 4.69) is 0 Å². The zero-order chi connectivity index (χ0) is 14.7. The molecule has 1 aromatic carbocycles. The van der Waals surface area contributed by atoms with Gasteiger partial charge < -0.3 is 14.9 Å². The van der Waals surface area contributed by atoms with Gasteiger partial charge in [-0.1, -0.05) is 0 Å². The van der Waals surface area contributed by atoms with Crippen molar-refractivity contribution in [3.63, 3.8) is 0 Å². The van der Waals surface area contributed by atoms with Crippen LogP contribution in [0.25, 0.3) is 0 Å². The van der Waals surface area contributed by atoms with Crippen molar-refractivity contribution >= 4 is 5.97 Å². The second-order valence-corrected chi connectivity index (χ2v) is 5.37. The highest BCUT2D eigenvalue weighted by molar-refractivity contribution is 5.69. The number of nitrogens with zero attached hydrogens (tertiary/aromatic N) is 1. The molecule has 2 N–H and O–H groups in total. The number of phenols is 1. The Balaban J connectivity index is 2.20. The highest BCUT2D eigenvalue weighted by Gasteiger charge is 2.29. The number of aromatic hydroxyl groups is 1. The van der Waals surface area contributed by atoms with Crippen molar-refractivity contribution in [2.45, 2.75) is 25.8 Å². The zero-order valence-electron chi connectivity index (χ0n) is 11.9. The van der Waals surface area contributed by atoms with Crippen LogP contribution in [0.15, 0.2) is 18.2 Å². The van der Waals surface area contributed by atoms with Crippen LogP contribution in [0.4, 0.5) is 0 Å². The van der Waals surface area contributed by atoms with E-state index >= 15 is 0 Å². The van der Waals surface area contributed by atoms with Crippen LogP contribution in [-0.4, -0.2) is 41.3 Å². The molecule has 0 aromatic heterocycles. The number of carboxylic acids is 1. The standard InChI is InChI=1S/C15H21NO4/c1-10(13-7-12(20-2)5-6-14(13)17)16(9-15(18)19)8-11-3-4-11/h5-7,10-11,17H,3-4,8-9H2,1-2H3,(H,18,19). The summed E-state index contributed by atoms with van der Waals surface area (Å²) in [5, 5.41) is 19.1. The lowest BCUT2D eigenvalue weighted by Crippen LogP contribution is -2.34. The lowest BCUT2D eigenvalue weighted by Gasteiger charge is -2.28. The molecule has 5 heteroatoms. The van der Waals surface area contributed by atoms with Crippen LogP contribution in [-0.2, 0) is 4.79 Å². The number of phenolic OH excluding ortho intramolecular Hbond substituents is 1. The molecule has 1 atom stereocenters. The molecule has 2 rings (SSSR count). The van der Waals surface area contributed by atoms with Crippen LogP contribution >= 0.6 is 0 Å². The Morgan fingerprint density at radius 1 is 1.50 bits per heavy atom. The Morgan fingerprint density at radius 2 is 2.20 bits per heavy atom. The van der Waals surface area contributed by atoms with E-state index in [9.17, 15) is 9.90 Å². The average Bonchev–Trinajstić information content (AvgIpc) is 3.21. The van der Waals surface area contributed by atoms with Gasteiger partial charge in [0, 0.05) is 18.2 Å². The predicted octanol–water partition coefficient (Wildman–Crippen LogP) is 2.26. The molecule has 0 aliphatic heterocycles. The van der Waals surface area contributed by atoms with Crippen molar-refractivity contribution in [1.82, 2.24) is 4.90 Å². The molecule has 1 aromatic rings. The zero-order valence-corrected chi connectivity index (χ0v) is 11.9. The minimum atomic E-state index is -0.847. The number of rotatable bonds is 7. The highest BCUT2D eigenvalue weighted by Crippen LogP contribution is 2.35. The minimum absolute atomic E-state index is 0.0195. The normalized spacial score (nSPS) is 16.1. The van der Waals surface area contributed by atoms with Crippen LogP contribution in [0.1, 0.15) is 31.4 Å². The number of hydrogen-bond donors (Lipinski definition) is 2. The first-order valence-electron chi connectivity index (χ1n) is 6.84. The van der Waals surface area contributed by atoms with E-state index in [1.807, 2.05) is 11.8 Å². The molecule has 0 spiro atoms. The monoisotopic (exact) mass is 279 g/mol. The third kappa shape index (κ3) is 3.63. The van der Waals surface area contributed by atoms with Gasteiger partial charge in [-0.3, -0.25) is 9.69 Å². The average molecular weight is 279 g/mol. The maximum Gasteiger partial charge on any atom is 0.317 e. The van der Waals surface area contributed by atoms with Crippen LogP contribution in [0.2, 0.25) is 0 Å². The molecular formula is C15H21NO4. The van der Waals surface area contributed by atoms with Crippen molar-refractivity contribution in [3.8, 4) is 11.5 Å². The van der Waals surface area contributed by atoms with Gasteiger partial charge in [0.1, 0.15) is 11.5 Å². The predicted molar refractivity (Wildman–Crippen MR) is 75.0 cm³/mol. The van der Waals surface area contributed by atoms with Gasteiger partial charge in [-0.2, -0.15) is 0 Å². The lowest BCUT2D eigenvalue weighted by atomic mass is 10.0. The number of ether oxygens (including phenoxy) is 1. The Morgan fingerprint density at radius 3 is 2.75 bits per heavy atom. The molecule has 110 valence electrons. The van der Waals surface area contributed by atoms with Gasteiger partial charge in [-0.15, -0.1) is 0 Å². The topological polar surface area (TPSA) is 70.0 Å². The fraction of sp³-hybridized carbons (Fsp3) is 0.533. The first-order chi connectivity index (χ1) is 9.51. The lowest BCUT2D eigenvalue weighted by molar-refractivity contribution is -0.139. The number of carboxylic acid groups (broad SMARTS) is 1. The van der Waals surface area contributed by atoms with Crippen molar-refractivity contribution < 1.29 is 19.7 Å². The van der Waals surface area contributed by atoms with Gasteiger partial charge >= 0.3 is 5.97 Å². The number of carbonyl (C=O) groups is 1. The summed E-state index contributed by atoms with van der Waals surface area (Å²) in [6.45, 7) is 2.65. The van der Waals surface area contributed by atoms with E-state index in [-0.39, 0.29) is 18.3 Å². The smallest absolute Gasteiger partial charge is 0.317 e. The fourth-order valence-electron chi connectivity index (χ4n) is 2.36. The summed E-state index contributed by atoms with van der Waals surface area (Å²) in [7, 11) is 1.57. The Labute approximate surface area is 118 Å². The minimum Gasteiger partial charge on any atom is -0.508 e. The van der Waals surface area contributed by atoms with E-state index in [1.165, 1.54) is 0 Å². The molecule has 0 heterocycles. The van der Waals surface area contributed by atoms with Gasteiger partial charge in [0.2, 0.25) is 0 Å². The SMILES string of the molecule is COc1ccc(O)c(C(C)N(CC(=O)O)CC2CC2)c1. The first-order valence-corrected chi connectivity index (χ1v) is 6.84. The third-order valence-corrected chi connectivity index (χ3v) is 3.76. The van der Waals surface area contributed by atoms with Crippen LogP contribution in [0.5, 0.6) is 11.5 Å². The molecule has 1 unspecified atom stereocenters. The van der Waals surface area contributed by atoms with Gasteiger partial charge in [0.25, 0.3) is 0 Å². The first kappa shape index (κ1) is 14.7. The van der Waals surface area contributed by atoms with Gasteiger partial charge in [-0.25, -0.2) is 0 Å². The van der Waals surface area contributed by atoms with E-state index in [4.69, 9.17) is 9.84 Å². The second kappa shape index (κ2) is 6.13. The van der Waals surface area contributed by atoms with E-state index < -0.39 is 5.97 Å². The maximum atomic E-state index is 11.0. The third-order valence-electron chi connectivity index (χ3n) is 3.76. The number of methoxy groups -OCH3 is 1. The highest BCUT2D eigenvalue weighted by atomic mass is 16.5. The maximum absolute atomic E-state index is 11.0. The van der Waals surface area contributed by atoms with E-state index in [0.717, 1.165) is 19.4 Å². The summed E-state index contributed by atoms with van der Waals surface area (Å²) < 4.78 is 5.17. The molecule has 20 heavy (non-hydrogen) atoms. The summed E-state index contributed by atoms with van der Waals surface area (Å²) in [5.41, 5.74) is 0.700. The van der Waals surface area contributed by atoms with Crippen molar-refractivity contribution in [3.05, 3.63) is 23.8 Å². The molecule has 5 nitrogen and oxygen atoms in total. The largest absolute Gasteiger partial charge is 0.508 e. The van der Waals surface area contributed by atoms with Gasteiger partial charge in [0.15, 0.2) is 0 Å². The van der Waals surface area contributed by atoms with Crippen molar-refractivity contribution in [1.29, 1.82) is 0 Å². The number of benzene rings is 1. The van der Waals surface area contributed by atoms with Crippen molar-refractivity contribution in [2.75, 3.05) is 20.2 Å². The summed E-state index contributed by atoms with van der Waals surface area (Å²) in [6.07, 6.45) is 2.32. The Bertz CT molecular complexity index is 485. The molecule has 0 bridgehead atoms. The van der Waals surface area contributed by atoms with Gasteiger partial charge in [-0.05, 0) is 43.9 Å². The molecule has 1 aliphatic rings. The second-order valence-electron chi connectivity index (χ2n) is 5.37. The quantitative estimate of drug-likeness (QED) is 0.801. The number of hydrogen-bond acceptors (Lipinski definition) is 4. The summed E-state index contributed by atoms with van der Waals surface area (Å²) in [4.78, 5) is 12.9. The molecule has 1 saturated carbocycles. The summed E-state index contributed by atoms with van der Waals surface area (Å²) in [5.74, 6) is 0.570. The molecule has 1 aliphatic carbocycles. The molecule has 0 saturated heterocycles. The van der Waals surface area contributed by atoms with E-state index in [1.54, 1.807) is 25.3 Å². The van der Waals surface area contributed by atoms with E-state index in [0.29, 0.717) is 17.2 Å². The Kier molecular flexibility index (Phi) is 4.49. The molecule has 1 fully saturated rings.